The number of rotatable bonds is 5. The van der Waals surface area contributed by atoms with Crippen molar-refractivity contribution in [3.05, 3.63) is 32.6 Å². The SMILES string of the molecule is CNCCCN(C)C(=O)c1c[nH]c(=O)[nH]c1=O. The molecule has 0 atom stereocenters. The summed E-state index contributed by atoms with van der Waals surface area (Å²) < 4.78 is 0. The molecule has 7 nitrogen and oxygen atoms in total. The lowest BCUT2D eigenvalue weighted by molar-refractivity contribution is 0.0791. The molecule has 17 heavy (non-hydrogen) atoms. The van der Waals surface area contributed by atoms with Gasteiger partial charge in [0.1, 0.15) is 5.56 Å². The van der Waals surface area contributed by atoms with Crippen molar-refractivity contribution in [2.75, 3.05) is 27.2 Å². The van der Waals surface area contributed by atoms with Crippen molar-refractivity contribution in [3.8, 4) is 0 Å². The van der Waals surface area contributed by atoms with Gasteiger partial charge in [-0.25, -0.2) is 4.79 Å². The summed E-state index contributed by atoms with van der Waals surface area (Å²) in [5, 5.41) is 2.97. The minimum absolute atomic E-state index is 0.0587. The highest BCUT2D eigenvalue weighted by Crippen LogP contribution is 1.95. The molecule has 0 saturated carbocycles. The summed E-state index contributed by atoms with van der Waals surface area (Å²) in [7, 11) is 3.44. The van der Waals surface area contributed by atoms with E-state index in [9.17, 15) is 14.4 Å². The molecule has 0 aromatic carbocycles. The van der Waals surface area contributed by atoms with Crippen molar-refractivity contribution in [2.24, 2.45) is 0 Å². The molecule has 0 radical (unpaired) electrons. The van der Waals surface area contributed by atoms with E-state index in [0.29, 0.717) is 6.54 Å². The number of H-pyrrole nitrogens is 2. The minimum atomic E-state index is -0.667. The first-order valence-electron chi connectivity index (χ1n) is 5.28. The molecule has 7 heteroatoms. The molecule has 94 valence electrons. The van der Waals surface area contributed by atoms with E-state index in [1.807, 2.05) is 12.0 Å². The van der Waals surface area contributed by atoms with Gasteiger partial charge in [0.15, 0.2) is 0 Å². The minimum Gasteiger partial charge on any atom is -0.341 e. The Balaban J connectivity index is 2.75. The van der Waals surface area contributed by atoms with E-state index < -0.39 is 17.2 Å². The summed E-state index contributed by atoms with van der Waals surface area (Å²) in [6.07, 6.45) is 1.93. The maximum absolute atomic E-state index is 11.8. The number of carbonyl (C=O) groups excluding carboxylic acids is 1. The van der Waals surface area contributed by atoms with E-state index in [1.54, 1.807) is 7.05 Å². The van der Waals surface area contributed by atoms with Gasteiger partial charge in [-0.2, -0.15) is 0 Å². The number of aromatic nitrogens is 2. The molecule has 0 unspecified atom stereocenters. The predicted molar refractivity (Wildman–Crippen MR) is 63.2 cm³/mol. The molecule has 0 saturated heterocycles. The number of carbonyl (C=O) groups is 1. The molecular weight excluding hydrogens is 224 g/mol. The fraction of sp³-hybridized carbons (Fsp3) is 0.500. The van der Waals surface area contributed by atoms with Crippen LogP contribution < -0.4 is 16.6 Å². The Morgan fingerprint density at radius 3 is 2.76 bits per heavy atom. The Labute approximate surface area is 97.9 Å². The topological polar surface area (TPSA) is 98.1 Å². The average Bonchev–Trinajstić information content (AvgIpc) is 2.28. The second kappa shape index (κ2) is 6.00. The first-order valence-corrected chi connectivity index (χ1v) is 5.28. The van der Waals surface area contributed by atoms with Gasteiger partial charge in [-0.05, 0) is 20.0 Å². The predicted octanol–water partition coefficient (Wildman–Crippen LogP) is -1.26. The Kier molecular flexibility index (Phi) is 4.65. The van der Waals surface area contributed by atoms with Gasteiger partial charge in [-0.1, -0.05) is 0 Å². The quantitative estimate of drug-likeness (QED) is 0.560. The largest absolute Gasteiger partial charge is 0.341 e. The van der Waals surface area contributed by atoms with Crippen LogP contribution in [0.25, 0.3) is 0 Å². The van der Waals surface area contributed by atoms with Crippen LogP contribution in [0.2, 0.25) is 0 Å². The maximum atomic E-state index is 11.8. The van der Waals surface area contributed by atoms with E-state index in [2.05, 4.69) is 10.3 Å². The zero-order valence-corrected chi connectivity index (χ0v) is 9.87. The first-order chi connectivity index (χ1) is 8.06. The monoisotopic (exact) mass is 240 g/mol. The van der Waals surface area contributed by atoms with Crippen molar-refractivity contribution in [1.82, 2.24) is 20.2 Å². The number of nitrogens with zero attached hydrogens (tertiary/aromatic N) is 1. The van der Waals surface area contributed by atoms with E-state index in [4.69, 9.17) is 0 Å². The van der Waals surface area contributed by atoms with Crippen LogP contribution in [0.4, 0.5) is 0 Å². The molecule has 1 amide bonds. The van der Waals surface area contributed by atoms with Crippen molar-refractivity contribution < 1.29 is 4.79 Å². The Morgan fingerprint density at radius 2 is 2.18 bits per heavy atom. The summed E-state index contributed by atoms with van der Waals surface area (Å²) >= 11 is 0. The molecule has 0 fully saturated rings. The molecule has 0 spiro atoms. The van der Waals surface area contributed by atoms with Crippen LogP contribution in [-0.4, -0.2) is 48.0 Å². The molecule has 0 aliphatic rings. The van der Waals surface area contributed by atoms with Gasteiger partial charge in [0.2, 0.25) is 0 Å². The molecule has 1 aromatic rings. The highest BCUT2D eigenvalue weighted by atomic mass is 16.2. The van der Waals surface area contributed by atoms with Crippen LogP contribution in [0.5, 0.6) is 0 Å². The standard InChI is InChI=1S/C10H16N4O3/c1-11-4-3-5-14(2)9(16)7-6-12-10(17)13-8(7)15/h6,11H,3-5H2,1-2H3,(H2,12,13,15,17). The molecule has 3 N–H and O–H groups in total. The van der Waals surface area contributed by atoms with Crippen LogP contribution in [0, 0.1) is 0 Å². The fourth-order valence-electron chi connectivity index (χ4n) is 1.37. The summed E-state index contributed by atoms with van der Waals surface area (Å²) in [5.74, 6) is -0.404. The normalized spacial score (nSPS) is 10.2. The highest BCUT2D eigenvalue weighted by Gasteiger charge is 2.15. The van der Waals surface area contributed by atoms with E-state index >= 15 is 0 Å². The third-order valence-corrected chi connectivity index (χ3v) is 2.32. The second-order valence-corrected chi connectivity index (χ2v) is 3.67. The highest BCUT2D eigenvalue weighted by molar-refractivity contribution is 5.93. The lowest BCUT2D eigenvalue weighted by Gasteiger charge is -2.16. The number of aromatic amines is 2. The molecule has 1 aromatic heterocycles. The lowest BCUT2D eigenvalue weighted by atomic mass is 10.3. The molecule has 0 aliphatic carbocycles. The molecular formula is C10H16N4O3. The Bertz CT molecular complexity index is 491. The van der Waals surface area contributed by atoms with Gasteiger partial charge in [0.05, 0.1) is 0 Å². The smallest absolute Gasteiger partial charge is 0.325 e. The van der Waals surface area contributed by atoms with E-state index in [0.717, 1.165) is 19.2 Å². The van der Waals surface area contributed by atoms with Crippen LogP contribution in [0.15, 0.2) is 15.8 Å². The second-order valence-electron chi connectivity index (χ2n) is 3.67. The first kappa shape index (κ1) is 13.2. The summed E-state index contributed by atoms with van der Waals surface area (Å²) in [6, 6.07) is 0. The molecule has 0 bridgehead atoms. The summed E-state index contributed by atoms with van der Waals surface area (Å²) in [4.78, 5) is 39.7. The number of amides is 1. The van der Waals surface area contributed by atoms with Crippen molar-refractivity contribution in [3.63, 3.8) is 0 Å². The van der Waals surface area contributed by atoms with Crippen molar-refractivity contribution >= 4 is 5.91 Å². The zero-order valence-electron chi connectivity index (χ0n) is 9.87. The van der Waals surface area contributed by atoms with Crippen LogP contribution in [0.1, 0.15) is 16.8 Å². The Morgan fingerprint density at radius 1 is 1.47 bits per heavy atom. The fourth-order valence-corrected chi connectivity index (χ4v) is 1.37. The third kappa shape index (κ3) is 3.56. The van der Waals surface area contributed by atoms with Gasteiger partial charge >= 0.3 is 5.69 Å². The zero-order chi connectivity index (χ0) is 12.8. The maximum Gasteiger partial charge on any atom is 0.325 e. The van der Waals surface area contributed by atoms with Crippen LogP contribution in [0.3, 0.4) is 0 Å². The molecule has 0 aliphatic heterocycles. The van der Waals surface area contributed by atoms with Crippen LogP contribution in [-0.2, 0) is 0 Å². The molecule has 1 rings (SSSR count). The number of hydrogen-bond acceptors (Lipinski definition) is 4. The van der Waals surface area contributed by atoms with Crippen molar-refractivity contribution in [2.45, 2.75) is 6.42 Å². The third-order valence-electron chi connectivity index (χ3n) is 2.32. The van der Waals surface area contributed by atoms with Gasteiger partial charge in [0, 0.05) is 19.8 Å². The van der Waals surface area contributed by atoms with E-state index in [1.165, 1.54) is 4.90 Å². The van der Waals surface area contributed by atoms with Gasteiger partial charge in [-0.15, -0.1) is 0 Å². The van der Waals surface area contributed by atoms with Gasteiger partial charge in [0.25, 0.3) is 11.5 Å². The van der Waals surface area contributed by atoms with Gasteiger partial charge < -0.3 is 15.2 Å². The summed E-state index contributed by atoms with van der Waals surface area (Å²) in [6.45, 7) is 1.33. The van der Waals surface area contributed by atoms with Crippen molar-refractivity contribution in [1.29, 1.82) is 0 Å². The number of hydrogen-bond donors (Lipinski definition) is 3. The van der Waals surface area contributed by atoms with Gasteiger partial charge in [-0.3, -0.25) is 14.6 Å². The summed E-state index contributed by atoms with van der Waals surface area (Å²) in [5.41, 5.74) is -1.35. The Hall–Kier alpha value is -1.89. The number of nitrogens with one attached hydrogen (secondary N) is 3. The lowest BCUT2D eigenvalue weighted by Crippen LogP contribution is -2.35. The average molecular weight is 240 g/mol. The molecule has 1 heterocycles. The van der Waals surface area contributed by atoms with E-state index in [-0.39, 0.29) is 5.56 Å². The van der Waals surface area contributed by atoms with Crippen LogP contribution >= 0.6 is 0 Å².